The van der Waals surface area contributed by atoms with E-state index in [2.05, 4.69) is 17.2 Å². The zero-order valence-corrected chi connectivity index (χ0v) is 9.22. The number of hydrogen-bond donors (Lipinski definition) is 2. The van der Waals surface area contributed by atoms with Crippen LogP contribution in [0.4, 0.5) is 11.4 Å². The minimum atomic E-state index is 0.215. The van der Waals surface area contributed by atoms with Crippen LogP contribution in [-0.2, 0) is 0 Å². The van der Waals surface area contributed by atoms with Gasteiger partial charge in [-0.05, 0) is 36.8 Å². The van der Waals surface area contributed by atoms with Crippen molar-refractivity contribution >= 4 is 11.4 Å². The molecule has 0 saturated carbocycles. The van der Waals surface area contributed by atoms with E-state index in [1.807, 2.05) is 36.4 Å². The Morgan fingerprint density at radius 2 is 1.81 bits per heavy atom. The largest absolute Gasteiger partial charge is 0.397 e. The fraction of sp³-hybridized carbons (Fsp3) is 0.154. The molecule has 2 rings (SSSR count). The van der Waals surface area contributed by atoms with Gasteiger partial charge >= 0.3 is 0 Å². The molecule has 82 valence electrons. The van der Waals surface area contributed by atoms with Gasteiger partial charge in [0.15, 0.2) is 0 Å². The van der Waals surface area contributed by atoms with Crippen LogP contribution < -0.4 is 11.1 Å². The molecular weight excluding hydrogens is 198 g/mol. The summed E-state index contributed by atoms with van der Waals surface area (Å²) in [6, 6.07) is 12.0. The van der Waals surface area contributed by atoms with Gasteiger partial charge in [-0.15, -0.1) is 0 Å². The van der Waals surface area contributed by atoms with Crippen molar-refractivity contribution in [2.75, 3.05) is 11.1 Å². The molecular formula is C13H15N3. The number of rotatable bonds is 3. The van der Waals surface area contributed by atoms with Crippen LogP contribution in [0.1, 0.15) is 18.5 Å². The lowest BCUT2D eigenvalue weighted by Crippen LogP contribution is -2.08. The molecule has 0 aliphatic carbocycles. The monoisotopic (exact) mass is 213 g/mol. The molecule has 0 bridgehead atoms. The molecule has 0 fully saturated rings. The summed E-state index contributed by atoms with van der Waals surface area (Å²) in [7, 11) is 0. The van der Waals surface area contributed by atoms with Crippen LogP contribution in [-0.4, -0.2) is 4.98 Å². The van der Waals surface area contributed by atoms with Crippen molar-refractivity contribution in [1.82, 2.24) is 4.98 Å². The Morgan fingerprint density at radius 3 is 2.50 bits per heavy atom. The molecule has 16 heavy (non-hydrogen) atoms. The highest BCUT2D eigenvalue weighted by Crippen LogP contribution is 2.23. The second kappa shape index (κ2) is 4.66. The number of aromatic nitrogens is 1. The molecule has 3 nitrogen and oxygen atoms in total. The molecule has 0 radical (unpaired) electrons. The minimum Gasteiger partial charge on any atom is -0.397 e. The predicted molar refractivity (Wildman–Crippen MR) is 67.1 cm³/mol. The highest BCUT2D eigenvalue weighted by molar-refractivity contribution is 5.66. The molecule has 0 amide bonds. The molecule has 0 aliphatic heterocycles. The highest BCUT2D eigenvalue weighted by Gasteiger charge is 2.05. The summed E-state index contributed by atoms with van der Waals surface area (Å²) in [6.45, 7) is 2.10. The first-order chi connectivity index (χ1) is 7.77. The molecule has 1 aromatic carbocycles. The predicted octanol–water partition coefficient (Wildman–Crippen LogP) is 2.84. The fourth-order valence-electron chi connectivity index (χ4n) is 1.60. The van der Waals surface area contributed by atoms with Gasteiger partial charge in [-0.25, -0.2) is 0 Å². The Kier molecular flexibility index (Phi) is 3.05. The molecule has 0 spiro atoms. The van der Waals surface area contributed by atoms with E-state index in [-0.39, 0.29) is 6.04 Å². The summed E-state index contributed by atoms with van der Waals surface area (Å²) in [6.07, 6.45) is 3.59. The average molecular weight is 213 g/mol. The second-order valence-corrected chi connectivity index (χ2v) is 3.73. The quantitative estimate of drug-likeness (QED) is 0.771. The maximum absolute atomic E-state index is 5.87. The Bertz CT molecular complexity index is 454. The van der Waals surface area contributed by atoms with Crippen LogP contribution >= 0.6 is 0 Å². The number of nitrogen functional groups attached to an aromatic ring is 1. The van der Waals surface area contributed by atoms with E-state index in [0.29, 0.717) is 0 Å². The van der Waals surface area contributed by atoms with Crippen molar-refractivity contribution in [2.24, 2.45) is 0 Å². The number of benzene rings is 1. The van der Waals surface area contributed by atoms with Gasteiger partial charge in [0.05, 0.1) is 11.4 Å². The second-order valence-electron chi connectivity index (χ2n) is 3.73. The third-order valence-electron chi connectivity index (χ3n) is 2.54. The van der Waals surface area contributed by atoms with Crippen molar-refractivity contribution in [1.29, 1.82) is 0 Å². The van der Waals surface area contributed by atoms with E-state index >= 15 is 0 Å². The van der Waals surface area contributed by atoms with Crippen LogP contribution in [0.15, 0.2) is 48.8 Å². The van der Waals surface area contributed by atoms with Gasteiger partial charge in [0.25, 0.3) is 0 Å². The summed E-state index contributed by atoms with van der Waals surface area (Å²) >= 11 is 0. The summed E-state index contributed by atoms with van der Waals surface area (Å²) < 4.78 is 0. The van der Waals surface area contributed by atoms with E-state index in [1.165, 1.54) is 5.56 Å². The normalized spacial score (nSPS) is 12.1. The first kappa shape index (κ1) is 10.5. The third kappa shape index (κ3) is 2.31. The lowest BCUT2D eigenvalue weighted by atomic mass is 10.1. The molecule has 0 aliphatic rings. The summed E-state index contributed by atoms with van der Waals surface area (Å²) in [5.41, 5.74) is 8.80. The van der Waals surface area contributed by atoms with Gasteiger partial charge in [0.2, 0.25) is 0 Å². The Hall–Kier alpha value is -2.03. The van der Waals surface area contributed by atoms with Crippen molar-refractivity contribution < 1.29 is 0 Å². The summed E-state index contributed by atoms with van der Waals surface area (Å²) in [5, 5.41) is 3.37. The molecule has 1 atom stereocenters. The van der Waals surface area contributed by atoms with Gasteiger partial charge in [-0.2, -0.15) is 0 Å². The summed E-state index contributed by atoms with van der Waals surface area (Å²) in [4.78, 5) is 4.00. The maximum atomic E-state index is 5.87. The fourth-order valence-corrected chi connectivity index (χ4v) is 1.60. The number of nitrogens with one attached hydrogen (secondary N) is 1. The van der Waals surface area contributed by atoms with Crippen molar-refractivity contribution in [3.8, 4) is 0 Å². The van der Waals surface area contributed by atoms with Crippen LogP contribution in [0.25, 0.3) is 0 Å². The molecule has 1 heterocycles. The van der Waals surface area contributed by atoms with Gasteiger partial charge < -0.3 is 11.1 Å². The minimum absolute atomic E-state index is 0.215. The van der Waals surface area contributed by atoms with E-state index in [0.717, 1.165) is 11.4 Å². The number of para-hydroxylation sites is 2. The van der Waals surface area contributed by atoms with Gasteiger partial charge in [0, 0.05) is 18.4 Å². The van der Waals surface area contributed by atoms with Crippen molar-refractivity contribution in [3.05, 3.63) is 54.4 Å². The zero-order valence-electron chi connectivity index (χ0n) is 9.22. The van der Waals surface area contributed by atoms with E-state index in [1.54, 1.807) is 12.4 Å². The van der Waals surface area contributed by atoms with Crippen LogP contribution in [0.3, 0.4) is 0 Å². The number of nitrogens with zero attached hydrogens (tertiary/aromatic N) is 1. The first-order valence-corrected chi connectivity index (χ1v) is 5.28. The Balaban J connectivity index is 2.14. The van der Waals surface area contributed by atoms with Gasteiger partial charge in [-0.1, -0.05) is 12.1 Å². The van der Waals surface area contributed by atoms with Gasteiger partial charge in [-0.3, -0.25) is 4.98 Å². The topological polar surface area (TPSA) is 50.9 Å². The molecule has 1 unspecified atom stereocenters. The van der Waals surface area contributed by atoms with Crippen LogP contribution in [0.5, 0.6) is 0 Å². The number of nitrogens with two attached hydrogens (primary N) is 1. The first-order valence-electron chi connectivity index (χ1n) is 5.28. The Morgan fingerprint density at radius 1 is 1.12 bits per heavy atom. The SMILES string of the molecule is CC(Nc1ccccc1N)c1ccncc1. The standard InChI is InChI=1S/C13H15N3/c1-10(11-6-8-15-9-7-11)16-13-5-3-2-4-12(13)14/h2-10,16H,14H2,1H3. The van der Waals surface area contributed by atoms with E-state index in [9.17, 15) is 0 Å². The Labute approximate surface area is 95.3 Å². The van der Waals surface area contributed by atoms with Crippen LogP contribution in [0.2, 0.25) is 0 Å². The number of hydrogen-bond acceptors (Lipinski definition) is 3. The van der Waals surface area contributed by atoms with E-state index < -0.39 is 0 Å². The lowest BCUT2D eigenvalue weighted by Gasteiger charge is -2.16. The molecule has 2 aromatic rings. The lowest BCUT2D eigenvalue weighted by molar-refractivity contribution is 0.881. The number of pyridine rings is 1. The smallest absolute Gasteiger partial charge is 0.0578 e. The third-order valence-corrected chi connectivity index (χ3v) is 2.54. The van der Waals surface area contributed by atoms with E-state index in [4.69, 9.17) is 5.73 Å². The molecule has 3 N–H and O–H groups in total. The average Bonchev–Trinajstić information content (AvgIpc) is 2.33. The maximum Gasteiger partial charge on any atom is 0.0578 e. The van der Waals surface area contributed by atoms with Crippen LogP contribution in [0, 0.1) is 0 Å². The molecule has 1 aromatic heterocycles. The highest BCUT2D eigenvalue weighted by atomic mass is 14.9. The zero-order chi connectivity index (χ0) is 11.4. The number of anilines is 2. The summed E-state index contributed by atoms with van der Waals surface area (Å²) in [5.74, 6) is 0. The van der Waals surface area contributed by atoms with Gasteiger partial charge in [0.1, 0.15) is 0 Å². The van der Waals surface area contributed by atoms with Crippen molar-refractivity contribution in [3.63, 3.8) is 0 Å². The molecule has 3 heteroatoms. The van der Waals surface area contributed by atoms with Crippen molar-refractivity contribution in [2.45, 2.75) is 13.0 Å². The molecule has 0 saturated heterocycles.